The molecule has 5 rings (SSSR count). The molecule has 0 aromatic carbocycles. The third kappa shape index (κ3) is 2.97. The molecule has 2 aliphatic carbocycles. The predicted molar refractivity (Wildman–Crippen MR) is 112 cm³/mol. The highest BCUT2D eigenvalue weighted by Gasteiger charge is 2.54. The van der Waals surface area contributed by atoms with Crippen molar-refractivity contribution in [2.75, 3.05) is 7.05 Å². The van der Waals surface area contributed by atoms with Crippen LogP contribution in [0.3, 0.4) is 0 Å². The molecule has 2 unspecified atom stereocenters. The number of ether oxygens (including phenoxy) is 1. The van der Waals surface area contributed by atoms with Gasteiger partial charge in [0.15, 0.2) is 5.06 Å². The summed E-state index contributed by atoms with van der Waals surface area (Å²) in [6.45, 7) is 2.27. The third-order valence-corrected chi connectivity index (χ3v) is 7.49. The number of hydrogen-bond donors (Lipinski definition) is 0. The molecular weight excluding hydrogens is 440 g/mol. The maximum atomic E-state index is 12.6. The minimum atomic E-state index is -0.408. The Hall–Kier alpha value is -1.51. The minimum absolute atomic E-state index is 0.0640. The molecule has 28 heavy (non-hydrogen) atoms. The second-order valence-corrected chi connectivity index (χ2v) is 10.1. The molecule has 3 heterocycles. The van der Waals surface area contributed by atoms with Gasteiger partial charge in [-0.05, 0) is 83.7 Å². The summed E-state index contributed by atoms with van der Waals surface area (Å²) in [6.07, 6.45) is 5.80. The molecule has 2 saturated carbocycles. The summed E-state index contributed by atoms with van der Waals surface area (Å²) in [5, 5.41) is 11.9. The predicted octanol–water partition coefficient (Wildman–Crippen LogP) is 4.76. The van der Waals surface area contributed by atoms with E-state index in [2.05, 4.69) is 44.2 Å². The van der Waals surface area contributed by atoms with E-state index in [4.69, 9.17) is 4.74 Å². The van der Waals surface area contributed by atoms with Gasteiger partial charge in [-0.3, -0.25) is 4.79 Å². The summed E-state index contributed by atoms with van der Waals surface area (Å²) in [5.41, 5.74) is 1.10. The van der Waals surface area contributed by atoms with Crippen LogP contribution in [0.5, 0.6) is 5.06 Å². The average molecular weight is 463 g/mol. The SMILES string of the molecule is CC1CC(c2cc(Br)c(=O)n(C3CC3)c2)(C2N=NC(Oc3cccs3)N2C)C1. The lowest BCUT2D eigenvalue weighted by atomic mass is 9.57. The van der Waals surface area contributed by atoms with E-state index in [1.807, 2.05) is 35.2 Å². The van der Waals surface area contributed by atoms with Crippen molar-refractivity contribution in [1.82, 2.24) is 9.47 Å². The highest BCUT2D eigenvalue weighted by molar-refractivity contribution is 9.10. The Morgan fingerprint density at radius 3 is 2.75 bits per heavy atom. The molecular formula is C20H23BrN4O2S. The molecule has 8 heteroatoms. The number of hydrogen-bond acceptors (Lipinski definition) is 6. The largest absolute Gasteiger partial charge is 0.444 e. The number of likely N-dealkylation sites (N-methyl/N-ethyl adjacent to an activating group) is 1. The fraction of sp³-hybridized carbons (Fsp3) is 0.550. The third-order valence-electron chi connectivity index (χ3n) is 6.16. The maximum Gasteiger partial charge on any atom is 0.270 e. The normalized spacial score (nSPS) is 32.5. The van der Waals surface area contributed by atoms with E-state index in [0.717, 1.165) is 30.7 Å². The van der Waals surface area contributed by atoms with Crippen molar-refractivity contribution in [3.05, 3.63) is 50.2 Å². The van der Waals surface area contributed by atoms with Crippen molar-refractivity contribution in [2.24, 2.45) is 16.1 Å². The minimum Gasteiger partial charge on any atom is -0.444 e. The van der Waals surface area contributed by atoms with Crippen LogP contribution in [-0.4, -0.2) is 29.0 Å². The summed E-state index contributed by atoms with van der Waals surface area (Å²) < 4.78 is 8.57. The smallest absolute Gasteiger partial charge is 0.270 e. The molecule has 6 nitrogen and oxygen atoms in total. The van der Waals surface area contributed by atoms with E-state index in [9.17, 15) is 4.79 Å². The first-order valence-electron chi connectivity index (χ1n) is 9.72. The Labute approximate surface area is 176 Å². The summed E-state index contributed by atoms with van der Waals surface area (Å²) in [6, 6.07) is 6.27. The first-order valence-corrected chi connectivity index (χ1v) is 11.4. The van der Waals surface area contributed by atoms with Crippen molar-refractivity contribution in [2.45, 2.75) is 56.6 Å². The summed E-state index contributed by atoms with van der Waals surface area (Å²) in [5.74, 6) is 0.626. The summed E-state index contributed by atoms with van der Waals surface area (Å²) in [4.78, 5) is 14.7. The number of thiophene rings is 1. The van der Waals surface area contributed by atoms with Crippen LogP contribution >= 0.6 is 27.3 Å². The average Bonchev–Trinajstić information content (AvgIpc) is 3.25. The van der Waals surface area contributed by atoms with Crippen LogP contribution in [-0.2, 0) is 5.41 Å². The number of nitrogens with zero attached hydrogens (tertiary/aromatic N) is 4. The molecule has 2 aromatic rings. The molecule has 3 aliphatic rings. The van der Waals surface area contributed by atoms with E-state index in [1.54, 1.807) is 11.3 Å². The molecule has 0 radical (unpaired) electrons. The van der Waals surface area contributed by atoms with Gasteiger partial charge in [0.05, 0.1) is 4.47 Å². The number of azo groups is 1. The van der Waals surface area contributed by atoms with Gasteiger partial charge in [0.2, 0.25) is 0 Å². The highest BCUT2D eigenvalue weighted by Crippen LogP contribution is 2.53. The van der Waals surface area contributed by atoms with Gasteiger partial charge in [0.25, 0.3) is 11.9 Å². The molecule has 0 spiro atoms. The van der Waals surface area contributed by atoms with Gasteiger partial charge in [0, 0.05) is 17.7 Å². The molecule has 0 saturated heterocycles. The fourth-order valence-electron chi connectivity index (χ4n) is 4.69. The standard InChI is InChI=1S/C20H23BrN4O2S/c1-12-9-20(10-12,13-8-15(21)17(26)25(11-13)14-5-6-14)18-22-23-19(24(18)2)27-16-4-3-7-28-16/h3-4,7-8,11-12,14,18-19H,5-6,9-10H2,1-2H3. The summed E-state index contributed by atoms with van der Waals surface area (Å²) in [7, 11) is 2.03. The van der Waals surface area contributed by atoms with Crippen LogP contribution in [0.15, 0.2) is 49.3 Å². The number of aromatic nitrogens is 1. The Kier molecular flexibility index (Phi) is 4.48. The van der Waals surface area contributed by atoms with Gasteiger partial charge in [-0.25, -0.2) is 4.90 Å². The monoisotopic (exact) mass is 462 g/mol. The number of rotatable bonds is 5. The fourth-order valence-corrected chi connectivity index (χ4v) is 5.73. The van der Waals surface area contributed by atoms with Crippen LogP contribution in [0.2, 0.25) is 0 Å². The second kappa shape index (κ2) is 6.78. The van der Waals surface area contributed by atoms with Crippen molar-refractivity contribution in [1.29, 1.82) is 0 Å². The van der Waals surface area contributed by atoms with E-state index in [1.165, 1.54) is 5.56 Å². The second-order valence-electron chi connectivity index (χ2n) is 8.34. The first kappa shape index (κ1) is 18.5. The quantitative estimate of drug-likeness (QED) is 0.643. The molecule has 148 valence electrons. The van der Waals surface area contributed by atoms with Crippen LogP contribution in [0.4, 0.5) is 0 Å². The van der Waals surface area contributed by atoms with E-state index in [-0.39, 0.29) is 17.1 Å². The van der Waals surface area contributed by atoms with Gasteiger partial charge in [-0.2, -0.15) is 5.11 Å². The van der Waals surface area contributed by atoms with E-state index >= 15 is 0 Å². The van der Waals surface area contributed by atoms with E-state index in [0.29, 0.717) is 16.4 Å². The van der Waals surface area contributed by atoms with Crippen LogP contribution in [0.25, 0.3) is 0 Å². The van der Waals surface area contributed by atoms with Crippen molar-refractivity contribution in [3.63, 3.8) is 0 Å². The molecule has 2 atom stereocenters. The zero-order valence-corrected chi connectivity index (χ0v) is 18.3. The van der Waals surface area contributed by atoms with Crippen LogP contribution < -0.4 is 10.3 Å². The van der Waals surface area contributed by atoms with E-state index < -0.39 is 6.35 Å². The Balaban J connectivity index is 1.48. The highest BCUT2D eigenvalue weighted by atomic mass is 79.9. The number of halogens is 1. The molecule has 2 fully saturated rings. The van der Waals surface area contributed by atoms with Gasteiger partial charge < -0.3 is 9.30 Å². The van der Waals surface area contributed by atoms with Crippen LogP contribution in [0.1, 0.15) is 44.2 Å². The zero-order valence-electron chi connectivity index (χ0n) is 15.9. The van der Waals surface area contributed by atoms with Crippen LogP contribution in [0, 0.1) is 5.92 Å². The Bertz CT molecular complexity index is 963. The van der Waals surface area contributed by atoms with Crippen molar-refractivity contribution >= 4 is 27.3 Å². The van der Waals surface area contributed by atoms with Crippen molar-refractivity contribution < 1.29 is 4.74 Å². The topological polar surface area (TPSA) is 59.2 Å². The molecule has 1 aliphatic heterocycles. The van der Waals surface area contributed by atoms with Gasteiger partial charge in [-0.15, -0.1) is 16.5 Å². The molecule has 0 N–H and O–H groups in total. The Morgan fingerprint density at radius 1 is 1.32 bits per heavy atom. The van der Waals surface area contributed by atoms with Crippen molar-refractivity contribution in [3.8, 4) is 5.06 Å². The molecule has 0 amide bonds. The zero-order chi connectivity index (χ0) is 19.5. The van der Waals surface area contributed by atoms with Gasteiger partial charge in [0.1, 0.15) is 6.17 Å². The Morgan fingerprint density at radius 2 is 2.11 bits per heavy atom. The first-order chi connectivity index (χ1) is 13.5. The lowest BCUT2D eigenvalue weighted by Crippen LogP contribution is -2.55. The lowest BCUT2D eigenvalue weighted by molar-refractivity contribution is -0.00725. The lowest BCUT2D eigenvalue weighted by Gasteiger charge is -2.51. The molecule has 0 bridgehead atoms. The summed E-state index contributed by atoms with van der Waals surface area (Å²) >= 11 is 5.06. The maximum absolute atomic E-state index is 12.6. The molecule has 2 aromatic heterocycles. The van der Waals surface area contributed by atoms with Gasteiger partial charge in [-0.1, -0.05) is 6.92 Å². The van der Waals surface area contributed by atoms with Gasteiger partial charge >= 0.3 is 0 Å². The number of pyridine rings is 1.